The lowest BCUT2D eigenvalue weighted by Gasteiger charge is -2.14. The van der Waals surface area contributed by atoms with Crippen molar-refractivity contribution in [1.82, 2.24) is 0 Å². The molecule has 1 amide bonds. The number of carboxylic acid groups (broad SMARTS) is 1. The fraction of sp³-hybridized carbons (Fsp3) is 0.400. The zero-order valence-corrected chi connectivity index (χ0v) is 11.1. The summed E-state index contributed by atoms with van der Waals surface area (Å²) >= 11 is 0. The molecule has 1 fully saturated rings. The second kappa shape index (κ2) is 5.07. The molecule has 5 nitrogen and oxygen atoms in total. The van der Waals surface area contributed by atoms with Gasteiger partial charge < -0.3 is 5.11 Å². The second-order valence-corrected chi connectivity index (χ2v) is 5.28. The van der Waals surface area contributed by atoms with Gasteiger partial charge in [0, 0.05) is 0 Å². The minimum absolute atomic E-state index is 0.109. The number of amides is 1. The first-order valence-corrected chi connectivity index (χ1v) is 6.89. The molecule has 1 aromatic rings. The number of carboxylic acids is 1. The number of hydrazone groups is 1. The summed E-state index contributed by atoms with van der Waals surface area (Å²) < 4.78 is 0. The van der Waals surface area contributed by atoms with Crippen molar-refractivity contribution in [2.45, 2.75) is 32.1 Å². The van der Waals surface area contributed by atoms with E-state index < -0.39 is 5.97 Å². The van der Waals surface area contributed by atoms with Gasteiger partial charge in [-0.05, 0) is 30.9 Å². The molecule has 5 heteroatoms. The Morgan fingerprint density at radius 2 is 1.95 bits per heavy atom. The Morgan fingerprint density at radius 1 is 1.25 bits per heavy atom. The molecule has 104 valence electrons. The molecule has 1 aromatic carbocycles. The Labute approximate surface area is 116 Å². The standard InChI is InChI=1S/C15H16N2O3/c18-14-9-12(10-5-1-2-6-10)16-17(14)13-8-4-3-7-11(13)15(19)20/h3-4,7-8,10H,1-2,5-6,9H2,(H,19,20). The molecule has 3 rings (SSSR count). The van der Waals surface area contributed by atoms with Gasteiger partial charge in [0.2, 0.25) is 0 Å². The van der Waals surface area contributed by atoms with Gasteiger partial charge in [-0.3, -0.25) is 4.79 Å². The molecule has 0 spiro atoms. The smallest absolute Gasteiger partial charge is 0.337 e. The summed E-state index contributed by atoms with van der Waals surface area (Å²) in [6.07, 6.45) is 4.85. The Hall–Kier alpha value is -2.17. The molecule has 1 N–H and O–H groups in total. The van der Waals surface area contributed by atoms with E-state index in [2.05, 4.69) is 5.10 Å². The molecule has 0 radical (unpaired) electrons. The van der Waals surface area contributed by atoms with E-state index in [0.717, 1.165) is 18.6 Å². The zero-order valence-electron chi connectivity index (χ0n) is 11.1. The number of hydrogen-bond acceptors (Lipinski definition) is 3. The molecule has 0 saturated heterocycles. The highest BCUT2D eigenvalue weighted by Crippen LogP contribution is 2.32. The van der Waals surface area contributed by atoms with Crippen LogP contribution in [0.25, 0.3) is 0 Å². The number of carbonyl (C=O) groups excluding carboxylic acids is 1. The van der Waals surface area contributed by atoms with Crippen molar-refractivity contribution in [3.05, 3.63) is 29.8 Å². The van der Waals surface area contributed by atoms with Crippen molar-refractivity contribution in [1.29, 1.82) is 0 Å². The average Bonchev–Trinajstić information content (AvgIpc) is 3.07. The Kier molecular flexibility index (Phi) is 3.26. The minimum atomic E-state index is -1.04. The highest BCUT2D eigenvalue weighted by molar-refractivity contribution is 6.15. The second-order valence-electron chi connectivity index (χ2n) is 5.28. The first-order chi connectivity index (χ1) is 9.66. The maximum atomic E-state index is 12.1. The Balaban J connectivity index is 1.94. The number of rotatable bonds is 3. The van der Waals surface area contributed by atoms with Crippen LogP contribution < -0.4 is 5.01 Å². The fourth-order valence-corrected chi connectivity index (χ4v) is 2.96. The van der Waals surface area contributed by atoms with Gasteiger partial charge in [0.1, 0.15) is 0 Å². The van der Waals surface area contributed by atoms with Crippen LogP contribution in [0.3, 0.4) is 0 Å². The van der Waals surface area contributed by atoms with Crippen LogP contribution in [0.15, 0.2) is 29.4 Å². The number of anilines is 1. The topological polar surface area (TPSA) is 70.0 Å². The van der Waals surface area contributed by atoms with E-state index in [1.54, 1.807) is 18.2 Å². The third-order valence-electron chi connectivity index (χ3n) is 3.99. The van der Waals surface area contributed by atoms with Crippen LogP contribution in [0, 0.1) is 5.92 Å². The number of aromatic carboxylic acids is 1. The average molecular weight is 272 g/mol. The van der Waals surface area contributed by atoms with E-state index in [0.29, 0.717) is 18.0 Å². The van der Waals surface area contributed by atoms with Crippen molar-refractivity contribution in [3.63, 3.8) is 0 Å². The van der Waals surface area contributed by atoms with Crippen LogP contribution in [0.4, 0.5) is 5.69 Å². The summed E-state index contributed by atoms with van der Waals surface area (Å²) in [4.78, 5) is 23.4. The van der Waals surface area contributed by atoms with Crippen molar-refractivity contribution < 1.29 is 14.7 Å². The van der Waals surface area contributed by atoms with Gasteiger partial charge in [-0.2, -0.15) is 10.1 Å². The molecule has 1 aliphatic carbocycles. The zero-order chi connectivity index (χ0) is 14.1. The molecular weight excluding hydrogens is 256 g/mol. The predicted octanol–water partition coefficient (Wildman–Crippen LogP) is 2.67. The van der Waals surface area contributed by atoms with Gasteiger partial charge in [-0.15, -0.1) is 0 Å². The maximum absolute atomic E-state index is 12.1. The monoisotopic (exact) mass is 272 g/mol. The summed E-state index contributed by atoms with van der Waals surface area (Å²) in [5, 5.41) is 14.9. The first-order valence-electron chi connectivity index (χ1n) is 6.89. The van der Waals surface area contributed by atoms with Gasteiger partial charge in [-0.25, -0.2) is 4.79 Å². The molecular formula is C15H16N2O3. The number of nitrogens with zero attached hydrogens (tertiary/aromatic N) is 2. The number of para-hydroxylation sites is 1. The van der Waals surface area contributed by atoms with Crippen LogP contribution in [-0.4, -0.2) is 22.7 Å². The van der Waals surface area contributed by atoms with Gasteiger partial charge >= 0.3 is 5.97 Å². The molecule has 0 unspecified atom stereocenters. The summed E-state index contributed by atoms with van der Waals surface area (Å²) in [6.45, 7) is 0. The van der Waals surface area contributed by atoms with Crippen LogP contribution in [-0.2, 0) is 4.79 Å². The van der Waals surface area contributed by atoms with E-state index in [1.807, 2.05) is 0 Å². The van der Waals surface area contributed by atoms with E-state index in [-0.39, 0.29) is 11.5 Å². The largest absolute Gasteiger partial charge is 0.478 e. The van der Waals surface area contributed by atoms with E-state index >= 15 is 0 Å². The third-order valence-corrected chi connectivity index (χ3v) is 3.99. The summed E-state index contributed by atoms with van der Waals surface area (Å²) in [5.74, 6) is -0.792. The van der Waals surface area contributed by atoms with Crippen LogP contribution in [0.5, 0.6) is 0 Å². The van der Waals surface area contributed by atoms with Gasteiger partial charge in [0.25, 0.3) is 5.91 Å². The molecule has 1 aliphatic heterocycles. The van der Waals surface area contributed by atoms with Crippen LogP contribution in [0.1, 0.15) is 42.5 Å². The Morgan fingerprint density at radius 3 is 2.65 bits per heavy atom. The molecule has 0 atom stereocenters. The minimum Gasteiger partial charge on any atom is -0.478 e. The Bertz CT molecular complexity index is 589. The summed E-state index contributed by atoms with van der Waals surface area (Å²) in [5.41, 5.74) is 1.38. The quantitative estimate of drug-likeness (QED) is 0.919. The lowest BCUT2D eigenvalue weighted by molar-refractivity contribution is -0.116. The molecule has 1 heterocycles. The van der Waals surface area contributed by atoms with Crippen molar-refractivity contribution >= 4 is 23.3 Å². The van der Waals surface area contributed by atoms with Crippen molar-refractivity contribution in [3.8, 4) is 0 Å². The fourth-order valence-electron chi connectivity index (χ4n) is 2.96. The highest BCUT2D eigenvalue weighted by atomic mass is 16.4. The predicted molar refractivity (Wildman–Crippen MR) is 74.9 cm³/mol. The first kappa shape index (κ1) is 12.8. The van der Waals surface area contributed by atoms with Gasteiger partial charge in [-0.1, -0.05) is 25.0 Å². The number of hydrogen-bond donors (Lipinski definition) is 1. The van der Waals surface area contributed by atoms with Gasteiger partial charge in [0.05, 0.1) is 23.4 Å². The number of carbonyl (C=O) groups is 2. The van der Waals surface area contributed by atoms with Crippen molar-refractivity contribution in [2.24, 2.45) is 11.0 Å². The summed E-state index contributed by atoms with van der Waals surface area (Å²) in [7, 11) is 0. The van der Waals surface area contributed by atoms with Gasteiger partial charge in [0.15, 0.2) is 0 Å². The highest BCUT2D eigenvalue weighted by Gasteiger charge is 2.32. The van der Waals surface area contributed by atoms with Crippen LogP contribution >= 0.6 is 0 Å². The van der Waals surface area contributed by atoms with E-state index in [9.17, 15) is 14.7 Å². The molecule has 2 aliphatic rings. The molecule has 0 bridgehead atoms. The molecule has 0 aromatic heterocycles. The summed E-state index contributed by atoms with van der Waals surface area (Å²) in [6, 6.07) is 6.49. The normalized spacial score (nSPS) is 19.5. The molecule has 1 saturated carbocycles. The lowest BCUT2D eigenvalue weighted by Crippen LogP contribution is -2.22. The van der Waals surface area contributed by atoms with E-state index in [1.165, 1.54) is 23.9 Å². The number of benzene rings is 1. The van der Waals surface area contributed by atoms with E-state index in [4.69, 9.17) is 0 Å². The third kappa shape index (κ3) is 2.19. The maximum Gasteiger partial charge on any atom is 0.337 e. The van der Waals surface area contributed by atoms with Crippen LogP contribution in [0.2, 0.25) is 0 Å². The SMILES string of the molecule is O=C(O)c1ccccc1N1N=C(C2CCCC2)CC1=O. The molecule has 20 heavy (non-hydrogen) atoms. The lowest BCUT2D eigenvalue weighted by atomic mass is 10.00. The van der Waals surface area contributed by atoms with Crippen molar-refractivity contribution in [2.75, 3.05) is 5.01 Å².